The van der Waals surface area contributed by atoms with Gasteiger partial charge in [-0.05, 0) is 31.0 Å². The number of nitrogens with one attached hydrogen (secondary N) is 2. The molecule has 0 saturated heterocycles. The molecule has 0 spiro atoms. The van der Waals surface area contributed by atoms with Crippen molar-refractivity contribution < 1.29 is 19.5 Å². The molecule has 7 heteroatoms. The van der Waals surface area contributed by atoms with Crippen LogP contribution in [0.1, 0.15) is 56.3 Å². The number of hydrogen-bond acceptors (Lipinski definition) is 3. The van der Waals surface area contributed by atoms with Crippen molar-refractivity contribution in [1.82, 2.24) is 5.32 Å². The summed E-state index contributed by atoms with van der Waals surface area (Å²) in [5.41, 5.74) is 0.704. The maximum atomic E-state index is 12.7. The Morgan fingerprint density at radius 1 is 1.15 bits per heavy atom. The van der Waals surface area contributed by atoms with Crippen LogP contribution in [0.2, 0.25) is 5.02 Å². The van der Waals surface area contributed by atoms with E-state index in [1.807, 2.05) is 0 Å². The van der Waals surface area contributed by atoms with E-state index in [-0.39, 0.29) is 22.4 Å². The second-order valence-corrected chi connectivity index (χ2v) is 7.41. The van der Waals surface area contributed by atoms with Crippen molar-refractivity contribution in [2.45, 2.75) is 52.0 Å². The van der Waals surface area contributed by atoms with Crippen LogP contribution in [-0.2, 0) is 9.59 Å². The number of hydrogen-bond donors (Lipinski definition) is 3. The van der Waals surface area contributed by atoms with E-state index in [2.05, 4.69) is 10.6 Å². The van der Waals surface area contributed by atoms with Gasteiger partial charge in [-0.25, -0.2) is 0 Å². The molecule has 2 atom stereocenters. The van der Waals surface area contributed by atoms with Crippen LogP contribution in [-0.4, -0.2) is 28.9 Å². The summed E-state index contributed by atoms with van der Waals surface area (Å²) in [4.78, 5) is 36.0. The van der Waals surface area contributed by atoms with Gasteiger partial charge in [-0.15, -0.1) is 0 Å². The minimum absolute atomic E-state index is 0.159. The van der Waals surface area contributed by atoms with Gasteiger partial charge in [-0.1, -0.05) is 44.7 Å². The lowest BCUT2D eigenvalue weighted by Gasteiger charge is -2.23. The highest BCUT2D eigenvalue weighted by molar-refractivity contribution is 6.34. The minimum Gasteiger partial charge on any atom is -0.481 e. The summed E-state index contributed by atoms with van der Waals surface area (Å²) in [5, 5.41) is 15.3. The molecule has 3 N–H and O–H groups in total. The first-order chi connectivity index (χ1) is 12.3. The molecule has 1 aliphatic carbocycles. The summed E-state index contributed by atoms with van der Waals surface area (Å²) >= 11 is 6.15. The minimum atomic E-state index is -0.888. The highest BCUT2D eigenvalue weighted by Crippen LogP contribution is 2.26. The number of amides is 2. The normalized spacial score (nSPS) is 20.3. The molecule has 142 valence electrons. The number of anilines is 1. The topological polar surface area (TPSA) is 95.5 Å². The average molecular weight is 381 g/mol. The van der Waals surface area contributed by atoms with Crippen molar-refractivity contribution in [1.29, 1.82) is 0 Å². The van der Waals surface area contributed by atoms with Gasteiger partial charge in [0.1, 0.15) is 0 Å². The second-order valence-electron chi connectivity index (χ2n) is 7.00. The van der Waals surface area contributed by atoms with Crippen LogP contribution in [0.4, 0.5) is 5.69 Å². The maximum Gasteiger partial charge on any atom is 0.308 e. The molecule has 1 aromatic rings. The van der Waals surface area contributed by atoms with Gasteiger partial charge >= 0.3 is 5.97 Å². The fourth-order valence-corrected chi connectivity index (χ4v) is 3.29. The summed E-state index contributed by atoms with van der Waals surface area (Å²) < 4.78 is 0. The molecule has 0 radical (unpaired) electrons. The molecule has 0 aromatic heterocycles. The van der Waals surface area contributed by atoms with Gasteiger partial charge < -0.3 is 15.7 Å². The van der Waals surface area contributed by atoms with Crippen LogP contribution in [0.5, 0.6) is 0 Å². The number of carboxylic acids is 1. The molecule has 0 aliphatic heterocycles. The fourth-order valence-electron chi connectivity index (χ4n) is 3.09. The van der Waals surface area contributed by atoms with Gasteiger partial charge in [0, 0.05) is 17.6 Å². The molecule has 6 nitrogen and oxygen atoms in total. The van der Waals surface area contributed by atoms with E-state index in [0.29, 0.717) is 18.5 Å². The number of carboxylic acid groups (broad SMARTS) is 1. The lowest BCUT2D eigenvalue weighted by atomic mass is 9.94. The highest BCUT2D eigenvalue weighted by Gasteiger charge is 2.31. The van der Waals surface area contributed by atoms with Crippen molar-refractivity contribution in [2.75, 3.05) is 5.32 Å². The van der Waals surface area contributed by atoms with E-state index in [0.717, 1.165) is 19.3 Å². The number of carbonyl (C=O) groups is 3. The average Bonchev–Trinajstić information content (AvgIpc) is 2.81. The molecule has 1 aromatic carbocycles. The Morgan fingerprint density at radius 3 is 2.50 bits per heavy atom. The monoisotopic (exact) mass is 380 g/mol. The largest absolute Gasteiger partial charge is 0.481 e. The van der Waals surface area contributed by atoms with Crippen molar-refractivity contribution in [2.24, 2.45) is 11.8 Å². The van der Waals surface area contributed by atoms with E-state index >= 15 is 0 Å². The first kappa shape index (κ1) is 20.2. The number of carbonyl (C=O) groups excluding carboxylic acids is 2. The summed E-state index contributed by atoms with van der Waals surface area (Å²) in [6.07, 6.45) is 3.88. The van der Waals surface area contributed by atoms with Gasteiger partial charge in [-0.2, -0.15) is 0 Å². The molecule has 2 amide bonds. The zero-order valence-electron chi connectivity index (χ0n) is 15.0. The molecule has 0 unspecified atom stereocenters. The zero-order valence-corrected chi connectivity index (χ0v) is 15.8. The molecule has 2 rings (SSSR count). The van der Waals surface area contributed by atoms with Gasteiger partial charge in [0.15, 0.2) is 0 Å². The summed E-state index contributed by atoms with van der Waals surface area (Å²) in [7, 11) is 0. The van der Waals surface area contributed by atoms with Crippen molar-refractivity contribution in [3.63, 3.8) is 0 Å². The van der Waals surface area contributed by atoms with Crippen molar-refractivity contribution in [3.05, 3.63) is 28.8 Å². The highest BCUT2D eigenvalue weighted by atomic mass is 35.5. The van der Waals surface area contributed by atoms with Crippen LogP contribution >= 0.6 is 11.6 Å². The Balaban J connectivity index is 2.17. The number of halogens is 1. The molecule has 1 aliphatic rings. The number of rotatable bonds is 5. The molecule has 1 saturated carbocycles. The Labute approximate surface area is 158 Å². The van der Waals surface area contributed by atoms with E-state index in [9.17, 15) is 19.5 Å². The van der Waals surface area contributed by atoms with Gasteiger partial charge in [0.05, 0.1) is 16.5 Å². The van der Waals surface area contributed by atoms with Crippen LogP contribution in [0.25, 0.3) is 0 Å². The fraction of sp³-hybridized carbons (Fsp3) is 0.526. The Kier molecular flexibility index (Phi) is 7.03. The molecule has 0 heterocycles. The Hall–Kier alpha value is -2.08. The quantitative estimate of drug-likeness (QED) is 0.678. The summed E-state index contributed by atoms with van der Waals surface area (Å²) in [5.74, 6) is -2.25. The zero-order chi connectivity index (χ0) is 19.3. The van der Waals surface area contributed by atoms with Gasteiger partial charge in [0.25, 0.3) is 5.91 Å². The predicted octanol–water partition coefficient (Wildman–Crippen LogP) is 3.70. The van der Waals surface area contributed by atoms with Gasteiger partial charge in [0.2, 0.25) is 5.91 Å². The van der Waals surface area contributed by atoms with E-state index in [1.165, 1.54) is 6.07 Å². The van der Waals surface area contributed by atoms with Crippen molar-refractivity contribution in [3.8, 4) is 0 Å². The standard InChI is InChI=1S/C19H25ClN2O4/c1-11(2)17(23)21-12-8-9-15(20)14(10-12)18(24)22-16-7-5-3-4-6-13(16)19(25)26/h8-11,13,16H,3-7H2,1-2H3,(H,21,23)(H,22,24)(H,25,26)/t13-,16+/m1/s1. The van der Waals surface area contributed by atoms with E-state index < -0.39 is 23.8 Å². The first-order valence-electron chi connectivity index (χ1n) is 8.93. The first-order valence-corrected chi connectivity index (χ1v) is 9.31. The van der Waals surface area contributed by atoms with Gasteiger partial charge in [-0.3, -0.25) is 14.4 Å². The third kappa shape index (κ3) is 5.21. The molecule has 1 fully saturated rings. The lowest BCUT2D eigenvalue weighted by Crippen LogP contribution is -2.43. The molecular formula is C19H25ClN2O4. The van der Waals surface area contributed by atoms with Crippen molar-refractivity contribution >= 4 is 35.1 Å². The molecule has 26 heavy (non-hydrogen) atoms. The summed E-state index contributed by atoms with van der Waals surface area (Å²) in [6, 6.07) is 4.27. The van der Waals surface area contributed by atoms with Crippen LogP contribution in [0.15, 0.2) is 18.2 Å². The lowest BCUT2D eigenvalue weighted by molar-refractivity contribution is -0.142. The van der Waals surface area contributed by atoms with E-state index in [4.69, 9.17) is 11.6 Å². The van der Waals surface area contributed by atoms with Crippen LogP contribution < -0.4 is 10.6 Å². The smallest absolute Gasteiger partial charge is 0.308 e. The van der Waals surface area contributed by atoms with Crippen LogP contribution in [0, 0.1) is 11.8 Å². The molecular weight excluding hydrogens is 356 g/mol. The Bertz CT molecular complexity index is 690. The summed E-state index contributed by atoms with van der Waals surface area (Å²) in [6.45, 7) is 3.55. The predicted molar refractivity (Wildman–Crippen MR) is 100 cm³/mol. The third-order valence-corrected chi connectivity index (χ3v) is 4.98. The second kappa shape index (κ2) is 9.03. The SMILES string of the molecule is CC(C)C(=O)Nc1ccc(Cl)c(C(=O)N[C@H]2CCCCC[C@H]2C(=O)O)c1. The third-order valence-electron chi connectivity index (χ3n) is 4.65. The Morgan fingerprint density at radius 2 is 1.85 bits per heavy atom. The number of aliphatic carboxylic acids is 1. The number of benzene rings is 1. The maximum absolute atomic E-state index is 12.7. The van der Waals surface area contributed by atoms with Crippen LogP contribution in [0.3, 0.4) is 0 Å². The van der Waals surface area contributed by atoms with E-state index in [1.54, 1.807) is 26.0 Å². The molecule has 0 bridgehead atoms.